The molecule has 0 unspecified atom stereocenters. The summed E-state index contributed by atoms with van der Waals surface area (Å²) in [6.07, 6.45) is 0.243. The number of methoxy groups -OCH3 is 2. The van der Waals surface area contributed by atoms with Crippen molar-refractivity contribution in [1.29, 1.82) is 0 Å². The first kappa shape index (κ1) is 9.92. The van der Waals surface area contributed by atoms with Crippen molar-refractivity contribution in [3.8, 4) is 0 Å². The van der Waals surface area contributed by atoms with Gasteiger partial charge in [-0.25, -0.2) is 0 Å². The van der Waals surface area contributed by atoms with E-state index in [1.807, 2.05) is 0 Å². The summed E-state index contributed by atoms with van der Waals surface area (Å²) in [5, 5.41) is 0. The number of rotatable bonds is 4. The molecule has 0 saturated carbocycles. The van der Waals surface area contributed by atoms with Gasteiger partial charge < -0.3 is 9.47 Å². The van der Waals surface area contributed by atoms with Crippen LogP contribution in [0.15, 0.2) is 0 Å². The van der Waals surface area contributed by atoms with Gasteiger partial charge in [-0.1, -0.05) is 13.8 Å². The summed E-state index contributed by atoms with van der Waals surface area (Å²) in [5.41, 5.74) is 0.115. The number of hydrogen-bond donors (Lipinski definition) is 0. The highest BCUT2D eigenvalue weighted by molar-refractivity contribution is 4.74. The summed E-state index contributed by atoms with van der Waals surface area (Å²) in [6, 6.07) is 0. The van der Waals surface area contributed by atoms with Crippen LogP contribution >= 0.6 is 0 Å². The monoisotopic (exact) mass is 146 g/mol. The molecule has 0 rings (SSSR count). The smallest absolute Gasteiger partial charge is 0.0616 e. The molecular weight excluding hydrogens is 128 g/mol. The van der Waals surface area contributed by atoms with Crippen LogP contribution in [0.3, 0.4) is 0 Å². The minimum Gasteiger partial charge on any atom is -0.384 e. The van der Waals surface area contributed by atoms with E-state index in [1.165, 1.54) is 0 Å². The minimum atomic E-state index is 0.115. The van der Waals surface area contributed by atoms with Gasteiger partial charge >= 0.3 is 0 Å². The van der Waals surface area contributed by atoms with Gasteiger partial charge in [-0.3, -0.25) is 0 Å². The van der Waals surface area contributed by atoms with Gasteiger partial charge in [0.25, 0.3) is 0 Å². The lowest BCUT2D eigenvalue weighted by atomic mass is 9.88. The van der Waals surface area contributed by atoms with Crippen molar-refractivity contribution in [3.63, 3.8) is 0 Å². The van der Waals surface area contributed by atoms with Crippen LogP contribution in [-0.2, 0) is 9.47 Å². The van der Waals surface area contributed by atoms with Crippen LogP contribution in [0.4, 0.5) is 0 Å². The maximum Gasteiger partial charge on any atom is 0.0616 e. The normalized spacial score (nSPS) is 15.3. The van der Waals surface area contributed by atoms with Crippen molar-refractivity contribution in [1.82, 2.24) is 0 Å². The summed E-state index contributed by atoms with van der Waals surface area (Å²) in [7, 11) is 3.44. The first-order valence-electron chi connectivity index (χ1n) is 3.56. The van der Waals surface area contributed by atoms with Gasteiger partial charge in [0.1, 0.15) is 0 Å². The molecule has 0 N–H and O–H groups in total. The fourth-order valence-electron chi connectivity index (χ4n) is 0.808. The molecule has 0 amide bonds. The standard InChI is InChI=1S/C8H18O2/c1-7(10-5)8(2,3)6-9-4/h7H,6H2,1-5H3/t7-/m1/s1. The number of ether oxygens (including phenoxy) is 2. The summed E-state index contributed by atoms with van der Waals surface area (Å²) >= 11 is 0. The molecule has 0 fully saturated rings. The molecule has 0 radical (unpaired) electrons. The van der Waals surface area contributed by atoms with E-state index in [9.17, 15) is 0 Å². The zero-order valence-corrected chi connectivity index (χ0v) is 7.60. The Hall–Kier alpha value is -0.0800. The zero-order chi connectivity index (χ0) is 8.20. The van der Waals surface area contributed by atoms with E-state index in [1.54, 1.807) is 14.2 Å². The van der Waals surface area contributed by atoms with E-state index in [0.717, 1.165) is 6.61 Å². The fraction of sp³-hybridized carbons (Fsp3) is 1.00. The Labute approximate surface area is 63.5 Å². The molecule has 0 aliphatic heterocycles. The molecule has 2 nitrogen and oxygen atoms in total. The summed E-state index contributed by atoms with van der Waals surface area (Å²) < 4.78 is 10.2. The van der Waals surface area contributed by atoms with Gasteiger partial charge in [0.15, 0.2) is 0 Å². The van der Waals surface area contributed by atoms with Gasteiger partial charge in [-0.2, -0.15) is 0 Å². The maximum absolute atomic E-state index is 5.19. The van der Waals surface area contributed by atoms with E-state index in [0.29, 0.717) is 0 Å². The van der Waals surface area contributed by atoms with E-state index >= 15 is 0 Å². The Kier molecular flexibility index (Phi) is 3.91. The lowest BCUT2D eigenvalue weighted by molar-refractivity contribution is -0.0238. The molecule has 0 spiro atoms. The second-order valence-electron chi connectivity index (χ2n) is 3.30. The van der Waals surface area contributed by atoms with Crippen LogP contribution in [0, 0.1) is 5.41 Å². The Balaban J connectivity index is 3.82. The SMILES string of the molecule is COCC(C)(C)[C@@H](C)OC. The topological polar surface area (TPSA) is 18.5 Å². The fourth-order valence-corrected chi connectivity index (χ4v) is 0.808. The van der Waals surface area contributed by atoms with Crippen LogP contribution in [0.25, 0.3) is 0 Å². The molecule has 0 aliphatic carbocycles. The Morgan fingerprint density at radius 1 is 1.30 bits per heavy atom. The van der Waals surface area contributed by atoms with Crippen molar-refractivity contribution in [2.75, 3.05) is 20.8 Å². The van der Waals surface area contributed by atoms with E-state index in [4.69, 9.17) is 9.47 Å². The summed E-state index contributed by atoms with van der Waals surface area (Å²) in [4.78, 5) is 0. The Bertz CT molecular complexity index is 89.3. The molecule has 2 heteroatoms. The van der Waals surface area contributed by atoms with Gasteiger partial charge in [0.2, 0.25) is 0 Å². The zero-order valence-electron chi connectivity index (χ0n) is 7.60. The number of hydrogen-bond acceptors (Lipinski definition) is 2. The highest BCUT2D eigenvalue weighted by atomic mass is 16.5. The van der Waals surface area contributed by atoms with Crippen LogP contribution in [0.1, 0.15) is 20.8 Å². The average molecular weight is 146 g/mol. The molecular formula is C8H18O2. The Morgan fingerprint density at radius 3 is 2.10 bits per heavy atom. The lowest BCUT2D eigenvalue weighted by Gasteiger charge is -2.29. The molecule has 0 saturated heterocycles. The largest absolute Gasteiger partial charge is 0.384 e. The second-order valence-corrected chi connectivity index (χ2v) is 3.30. The van der Waals surface area contributed by atoms with Crippen molar-refractivity contribution < 1.29 is 9.47 Å². The third-order valence-electron chi connectivity index (χ3n) is 1.97. The molecule has 0 aromatic heterocycles. The maximum atomic E-state index is 5.19. The lowest BCUT2D eigenvalue weighted by Crippen LogP contribution is -2.32. The third kappa shape index (κ3) is 2.67. The first-order valence-corrected chi connectivity index (χ1v) is 3.56. The summed E-state index contributed by atoms with van der Waals surface area (Å²) in [5.74, 6) is 0. The average Bonchev–Trinajstić information content (AvgIpc) is 1.86. The molecule has 62 valence electrons. The van der Waals surface area contributed by atoms with Crippen LogP contribution < -0.4 is 0 Å². The molecule has 0 aromatic rings. The molecule has 1 atom stereocenters. The van der Waals surface area contributed by atoms with Gasteiger partial charge in [-0.15, -0.1) is 0 Å². The van der Waals surface area contributed by atoms with E-state index in [-0.39, 0.29) is 11.5 Å². The van der Waals surface area contributed by atoms with Crippen molar-refractivity contribution in [3.05, 3.63) is 0 Å². The van der Waals surface area contributed by atoms with E-state index < -0.39 is 0 Å². The van der Waals surface area contributed by atoms with Crippen LogP contribution in [0.2, 0.25) is 0 Å². The highest BCUT2D eigenvalue weighted by Crippen LogP contribution is 2.22. The van der Waals surface area contributed by atoms with Crippen LogP contribution in [0.5, 0.6) is 0 Å². The quantitative estimate of drug-likeness (QED) is 0.601. The highest BCUT2D eigenvalue weighted by Gasteiger charge is 2.25. The molecule has 0 heterocycles. The second kappa shape index (κ2) is 3.94. The van der Waals surface area contributed by atoms with Gasteiger partial charge in [0, 0.05) is 19.6 Å². The predicted octanol–water partition coefficient (Wildman–Crippen LogP) is 1.69. The van der Waals surface area contributed by atoms with Crippen molar-refractivity contribution in [2.24, 2.45) is 5.41 Å². The predicted molar refractivity (Wildman–Crippen MR) is 42.1 cm³/mol. The van der Waals surface area contributed by atoms with Gasteiger partial charge in [0.05, 0.1) is 12.7 Å². The summed E-state index contributed by atoms with van der Waals surface area (Å²) in [6.45, 7) is 7.05. The van der Waals surface area contributed by atoms with Gasteiger partial charge in [-0.05, 0) is 6.92 Å². The first-order chi connectivity index (χ1) is 4.54. The molecule has 0 aromatic carbocycles. The van der Waals surface area contributed by atoms with Crippen molar-refractivity contribution in [2.45, 2.75) is 26.9 Å². The van der Waals surface area contributed by atoms with Crippen molar-refractivity contribution >= 4 is 0 Å². The van der Waals surface area contributed by atoms with Crippen LogP contribution in [-0.4, -0.2) is 26.9 Å². The molecule has 0 aliphatic rings. The molecule has 10 heavy (non-hydrogen) atoms. The molecule has 0 bridgehead atoms. The Morgan fingerprint density at radius 2 is 1.80 bits per heavy atom. The third-order valence-corrected chi connectivity index (χ3v) is 1.97. The van der Waals surface area contributed by atoms with E-state index in [2.05, 4.69) is 20.8 Å². The minimum absolute atomic E-state index is 0.115.